The average molecular weight is 408 g/mol. The van der Waals surface area contributed by atoms with Gasteiger partial charge >= 0.3 is 0 Å². The van der Waals surface area contributed by atoms with Gasteiger partial charge in [-0.15, -0.1) is 10.2 Å². The molecule has 148 valence electrons. The Hall–Kier alpha value is -3.26. The lowest BCUT2D eigenvalue weighted by atomic mass is 10.1. The van der Waals surface area contributed by atoms with Crippen LogP contribution in [0.3, 0.4) is 0 Å². The summed E-state index contributed by atoms with van der Waals surface area (Å²) in [5, 5.41) is 12.2. The third-order valence-corrected chi connectivity index (χ3v) is 5.87. The van der Waals surface area contributed by atoms with Crippen LogP contribution in [0.2, 0.25) is 0 Å². The van der Waals surface area contributed by atoms with Crippen molar-refractivity contribution in [2.24, 2.45) is 0 Å². The summed E-state index contributed by atoms with van der Waals surface area (Å²) < 4.78 is 5.15. The van der Waals surface area contributed by atoms with E-state index in [0.717, 1.165) is 16.3 Å². The largest absolute Gasteiger partial charge is 0.497 e. The maximum Gasteiger partial charge on any atom is 0.257 e. The molecule has 4 rings (SSSR count). The number of carbonyl (C=O) groups is 2. The van der Waals surface area contributed by atoms with E-state index in [0.29, 0.717) is 29.4 Å². The molecule has 29 heavy (non-hydrogen) atoms. The van der Waals surface area contributed by atoms with Gasteiger partial charge in [0.05, 0.1) is 7.11 Å². The maximum atomic E-state index is 12.5. The van der Waals surface area contributed by atoms with Gasteiger partial charge in [-0.3, -0.25) is 14.9 Å². The molecule has 1 aliphatic heterocycles. The second kappa shape index (κ2) is 8.00. The fourth-order valence-corrected chi connectivity index (χ4v) is 4.19. The van der Waals surface area contributed by atoms with Crippen LogP contribution in [0.25, 0.3) is 0 Å². The van der Waals surface area contributed by atoms with Gasteiger partial charge in [0.2, 0.25) is 11.0 Å². The van der Waals surface area contributed by atoms with Gasteiger partial charge in [-0.25, -0.2) is 0 Å². The summed E-state index contributed by atoms with van der Waals surface area (Å²) in [7, 11) is 1.55. The third-order valence-electron chi connectivity index (χ3n) is 4.87. The highest BCUT2D eigenvalue weighted by atomic mass is 32.1. The van der Waals surface area contributed by atoms with E-state index in [2.05, 4.69) is 15.5 Å². The van der Waals surface area contributed by atoms with E-state index in [1.54, 1.807) is 36.3 Å². The Morgan fingerprint density at radius 3 is 2.83 bits per heavy atom. The van der Waals surface area contributed by atoms with Gasteiger partial charge in [0, 0.05) is 30.1 Å². The van der Waals surface area contributed by atoms with Crippen LogP contribution >= 0.6 is 11.3 Å². The average Bonchev–Trinajstić information content (AvgIpc) is 3.35. The van der Waals surface area contributed by atoms with E-state index < -0.39 is 0 Å². The van der Waals surface area contributed by atoms with E-state index in [4.69, 9.17) is 4.74 Å². The van der Waals surface area contributed by atoms with E-state index in [1.807, 2.05) is 31.2 Å². The Morgan fingerprint density at radius 1 is 1.21 bits per heavy atom. The number of hydrogen-bond donors (Lipinski definition) is 1. The molecule has 3 aromatic rings. The number of ether oxygens (including phenoxy) is 1. The Balaban J connectivity index is 1.46. The number of aryl methyl sites for hydroxylation is 1. The Kier molecular flexibility index (Phi) is 5.26. The molecule has 0 unspecified atom stereocenters. The number of rotatable bonds is 5. The number of benzene rings is 2. The Labute approximate surface area is 172 Å². The second-order valence-corrected chi connectivity index (χ2v) is 7.83. The normalized spacial score (nSPS) is 16.1. The molecule has 2 aromatic carbocycles. The van der Waals surface area contributed by atoms with Gasteiger partial charge in [0.15, 0.2) is 0 Å². The van der Waals surface area contributed by atoms with Crippen molar-refractivity contribution >= 4 is 34.0 Å². The number of amides is 2. The molecule has 0 bridgehead atoms. The molecule has 0 saturated carbocycles. The van der Waals surface area contributed by atoms with Crippen LogP contribution in [0.4, 0.5) is 10.8 Å². The number of aromatic nitrogens is 2. The quantitative estimate of drug-likeness (QED) is 0.697. The zero-order valence-electron chi connectivity index (χ0n) is 16.1. The van der Waals surface area contributed by atoms with E-state index >= 15 is 0 Å². The van der Waals surface area contributed by atoms with Crippen LogP contribution in [0, 0.1) is 6.92 Å². The van der Waals surface area contributed by atoms with Gasteiger partial charge in [0.25, 0.3) is 5.91 Å². The van der Waals surface area contributed by atoms with Crippen LogP contribution in [0.5, 0.6) is 5.75 Å². The number of anilines is 2. The summed E-state index contributed by atoms with van der Waals surface area (Å²) in [5.74, 6) is 0.357. The molecule has 1 N–H and O–H groups in total. The number of nitrogens with zero attached hydrogens (tertiary/aromatic N) is 3. The maximum absolute atomic E-state index is 12.5. The highest BCUT2D eigenvalue weighted by Gasteiger charge is 2.34. The molecule has 7 nitrogen and oxygen atoms in total. The van der Waals surface area contributed by atoms with Crippen molar-refractivity contribution in [3.8, 4) is 5.75 Å². The smallest absolute Gasteiger partial charge is 0.257 e. The van der Waals surface area contributed by atoms with Crippen LogP contribution in [0.1, 0.15) is 33.3 Å². The summed E-state index contributed by atoms with van der Waals surface area (Å²) in [6.07, 6.45) is 0.382. The molecule has 1 fully saturated rings. The minimum atomic E-state index is -0.282. The zero-order chi connectivity index (χ0) is 20.4. The predicted molar refractivity (Wildman–Crippen MR) is 112 cm³/mol. The first-order valence-corrected chi connectivity index (χ1v) is 10.0. The first-order chi connectivity index (χ1) is 14.0. The van der Waals surface area contributed by atoms with Crippen molar-refractivity contribution in [3.63, 3.8) is 0 Å². The SMILES string of the molecule is COc1cccc(C(=O)Nc2nnc([C@@H]3CC(=O)N(c4ccccc4C)C3)s2)c1. The predicted octanol–water partition coefficient (Wildman–Crippen LogP) is 3.63. The third kappa shape index (κ3) is 3.97. The minimum absolute atomic E-state index is 0.0397. The summed E-state index contributed by atoms with van der Waals surface area (Å²) in [6, 6.07) is 14.7. The monoisotopic (exact) mass is 408 g/mol. The van der Waals surface area contributed by atoms with Crippen LogP contribution < -0.4 is 15.0 Å². The number of hydrogen-bond acceptors (Lipinski definition) is 6. The van der Waals surface area contributed by atoms with Crippen molar-refractivity contribution < 1.29 is 14.3 Å². The number of nitrogens with one attached hydrogen (secondary N) is 1. The van der Waals surface area contributed by atoms with E-state index in [-0.39, 0.29) is 17.7 Å². The molecule has 0 spiro atoms. The molecule has 1 aromatic heterocycles. The molecule has 0 aliphatic carbocycles. The van der Waals surface area contributed by atoms with Crippen LogP contribution in [-0.4, -0.2) is 35.7 Å². The highest BCUT2D eigenvalue weighted by Crippen LogP contribution is 2.35. The number of para-hydroxylation sites is 1. The lowest BCUT2D eigenvalue weighted by molar-refractivity contribution is -0.117. The fraction of sp³-hybridized carbons (Fsp3) is 0.238. The zero-order valence-corrected chi connectivity index (χ0v) is 16.9. The lowest BCUT2D eigenvalue weighted by Crippen LogP contribution is -2.25. The summed E-state index contributed by atoms with van der Waals surface area (Å²) >= 11 is 1.30. The molecule has 1 saturated heterocycles. The number of methoxy groups -OCH3 is 1. The van der Waals surface area contributed by atoms with Crippen molar-refractivity contribution in [1.29, 1.82) is 0 Å². The molecular formula is C21H20N4O3S. The van der Waals surface area contributed by atoms with E-state index in [1.165, 1.54) is 11.3 Å². The van der Waals surface area contributed by atoms with Crippen molar-refractivity contribution in [3.05, 3.63) is 64.7 Å². The van der Waals surface area contributed by atoms with Gasteiger partial charge in [0.1, 0.15) is 10.8 Å². The van der Waals surface area contributed by atoms with Crippen LogP contribution in [-0.2, 0) is 4.79 Å². The topological polar surface area (TPSA) is 84.4 Å². The van der Waals surface area contributed by atoms with Gasteiger partial charge in [-0.1, -0.05) is 35.6 Å². The van der Waals surface area contributed by atoms with Gasteiger partial charge in [-0.05, 0) is 36.8 Å². The van der Waals surface area contributed by atoms with Crippen molar-refractivity contribution in [2.75, 3.05) is 23.9 Å². The lowest BCUT2D eigenvalue weighted by Gasteiger charge is -2.18. The van der Waals surface area contributed by atoms with Gasteiger partial charge < -0.3 is 9.64 Å². The first-order valence-electron chi connectivity index (χ1n) is 9.20. The summed E-state index contributed by atoms with van der Waals surface area (Å²) in [4.78, 5) is 26.8. The Bertz CT molecular complexity index is 1070. The Morgan fingerprint density at radius 2 is 2.03 bits per heavy atom. The molecule has 8 heteroatoms. The summed E-state index contributed by atoms with van der Waals surface area (Å²) in [5.41, 5.74) is 2.46. The standard InChI is InChI=1S/C21H20N4O3S/c1-13-6-3-4-9-17(13)25-12-15(11-18(25)26)20-23-24-21(29-20)22-19(27)14-7-5-8-16(10-14)28-2/h3-10,15H,11-12H2,1-2H3,(H,22,24,27)/t15-/m1/s1. The van der Waals surface area contributed by atoms with Gasteiger partial charge in [-0.2, -0.15) is 0 Å². The molecule has 2 heterocycles. The van der Waals surface area contributed by atoms with Crippen molar-refractivity contribution in [1.82, 2.24) is 10.2 Å². The molecule has 1 aliphatic rings. The second-order valence-electron chi connectivity index (χ2n) is 6.82. The first kappa shape index (κ1) is 19.1. The molecule has 2 amide bonds. The molecule has 1 atom stereocenters. The van der Waals surface area contributed by atoms with Crippen molar-refractivity contribution in [2.45, 2.75) is 19.3 Å². The number of carbonyl (C=O) groups excluding carboxylic acids is 2. The van der Waals surface area contributed by atoms with Crippen LogP contribution in [0.15, 0.2) is 48.5 Å². The summed E-state index contributed by atoms with van der Waals surface area (Å²) in [6.45, 7) is 2.55. The minimum Gasteiger partial charge on any atom is -0.497 e. The molecule has 0 radical (unpaired) electrons. The highest BCUT2D eigenvalue weighted by molar-refractivity contribution is 7.15. The fourth-order valence-electron chi connectivity index (χ4n) is 3.36. The van der Waals surface area contributed by atoms with E-state index in [9.17, 15) is 9.59 Å². The molecular weight excluding hydrogens is 388 g/mol.